The van der Waals surface area contributed by atoms with Crippen LogP contribution in [0.4, 0.5) is 0 Å². The minimum absolute atomic E-state index is 0.0320. The molecule has 0 heterocycles. The number of rotatable bonds is 13. The molecule has 0 saturated heterocycles. The lowest BCUT2D eigenvalue weighted by Crippen LogP contribution is -2.33. The maximum atomic E-state index is 11.4. The molecule has 0 aromatic carbocycles. The zero-order valence-electron chi connectivity index (χ0n) is 12.4. The maximum Gasteiger partial charge on any atom is 0.220 e. The van der Waals surface area contributed by atoms with Gasteiger partial charge < -0.3 is 15.5 Å². The summed E-state index contributed by atoms with van der Waals surface area (Å²) < 4.78 is 0. The van der Waals surface area contributed by atoms with Gasteiger partial charge in [0.25, 0.3) is 0 Å². The van der Waals surface area contributed by atoms with Crippen LogP contribution in [0, 0.1) is 0 Å². The molecule has 0 aliphatic carbocycles. The molecule has 0 aliphatic heterocycles. The molecule has 4 nitrogen and oxygen atoms in total. The highest BCUT2D eigenvalue weighted by Gasteiger charge is 2.05. The summed E-state index contributed by atoms with van der Waals surface area (Å²) in [4.78, 5) is 11.4. The van der Waals surface area contributed by atoms with Crippen molar-refractivity contribution in [2.45, 2.75) is 77.2 Å². The van der Waals surface area contributed by atoms with Crippen LogP contribution in [0.15, 0.2) is 0 Å². The van der Waals surface area contributed by atoms with Crippen LogP contribution in [0.3, 0.4) is 0 Å². The number of carbonyl (C=O) groups excluding carboxylic acids is 1. The molecule has 0 bridgehead atoms. The molecule has 1 unspecified atom stereocenters. The molecule has 1 amide bonds. The maximum absolute atomic E-state index is 11.4. The summed E-state index contributed by atoms with van der Waals surface area (Å²) in [6.07, 6.45) is 10.8. The minimum Gasteiger partial charge on any atom is -0.394 e. The van der Waals surface area contributed by atoms with Gasteiger partial charge in [-0.3, -0.25) is 4.79 Å². The second-order valence-electron chi connectivity index (χ2n) is 5.22. The number of aliphatic hydroxyl groups is 2. The molecule has 114 valence electrons. The SMILES string of the molecule is CCCCCCCCCCCC(=O)NCC(O)CO. The van der Waals surface area contributed by atoms with Gasteiger partial charge in [0.1, 0.15) is 0 Å². The smallest absolute Gasteiger partial charge is 0.220 e. The fraction of sp³-hybridized carbons (Fsp3) is 0.933. The lowest BCUT2D eigenvalue weighted by molar-refractivity contribution is -0.121. The van der Waals surface area contributed by atoms with Gasteiger partial charge in [0, 0.05) is 13.0 Å². The molecule has 3 N–H and O–H groups in total. The van der Waals surface area contributed by atoms with Crippen LogP contribution in [-0.4, -0.2) is 35.4 Å². The third-order valence-corrected chi connectivity index (χ3v) is 3.25. The molecule has 19 heavy (non-hydrogen) atoms. The summed E-state index contributed by atoms with van der Waals surface area (Å²) in [7, 11) is 0. The third-order valence-electron chi connectivity index (χ3n) is 3.25. The van der Waals surface area contributed by atoms with Crippen LogP contribution in [0.5, 0.6) is 0 Å². The molecule has 0 aliphatic rings. The van der Waals surface area contributed by atoms with Gasteiger partial charge in [-0.2, -0.15) is 0 Å². The lowest BCUT2D eigenvalue weighted by Gasteiger charge is -2.08. The Morgan fingerprint density at radius 1 is 1.00 bits per heavy atom. The third kappa shape index (κ3) is 13.6. The first-order valence-corrected chi connectivity index (χ1v) is 7.76. The van der Waals surface area contributed by atoms with Crippen molar-refractivity contribution >= 4 is 5.91 Å². The molecular weight excluding hydrogens is 242 g/mol. The van der Waals surface area contributed by atoms with E-state index in [0.29, 0.717) is 6.42 Å². The van der Waals surface area contributed by atoms with Gasteiger partial charge in [-0.25, -0.2) is 0 Å². The van der Waals surface area contributed by atoms with Crippen LogP contribution in [0.2, 0.25) is 0 Å². The number of hydrogen-bond acceptors (Lipinski definition) is 3. The Labute approximate surface area is 117 Å². The summed E-state index contributed by atoms with van der Waals surface area (Å²) in [6.45, 7) is 2.07. The highest BCUT2D eigenvalue weighted by molar-refractivity contribution is 5.75. The fourth-order valence-electron chi connectivity index (χ4n) is 1.98. The monoisotopic (exact) mass is 273 g/mol. The first-order valence-electron chi connectivity index (χ1n) is 7.76. The van der Waals surface area contributed by atoms with Gasteiger partial charge in [0.2, 0.25) is 5.91 Å². The average molecular weight is 273 g/mol. The Bertz CT molecular complexity index is 210. The van der Waals surface area contributed by atoms with Crippen LogP contribution in [0.1, 0.15) is 71.1 Å². The van der Waals surface area contributed by atoms with Crippen molar-refractivity contribution in [1.29, 1.82) is 0 Å². The Balaban J connectivity index is 3.18. The molecule has 0 radical (unpaired) electrons. The number of carbonyl (C=O) groups is 1. The standard InChI is InChI=1S/C15H31NO3/c1-2-3-4-5-6-7-8-9-10-11-15(19)16-12-14(18)13-17/h14,17-18H,2-13H2,1H3,(H,16,19). The normalized spacial score (nSPS) is 12.4. The summed E-state index contributed by atoms with van der Waals surface area (Å²) >= 11 is 0. The second kappa shape index (κ2) is 13.8. The Kier molecular flexibility index (Phi) is 13.4. The number of hydrogen-bond donors (Lipinski definition) is 3. The van der Waals surface area contributed by atoms with Crippen molar-refractivity contribution in [2.24, 2.45) is 0 Å². The van der Waals surface area contributed by atoms with E-state index >= 15 is 0 Å². The van der Waals surface area contributed by atoms with E-state index in [1.54, 1.807) is 0 Å². The van der Waals surface area contributed by atoms with Gasteiger partial charge in [-0.15, -0.1) is 0 Å². The van der Waals surface area contributed by atoms with Crippen LogP contribution < -0.4 is 5.32 Å². The van der Waals surface area contributed by atoms with E-state index in [4.69, 9.17) is 10.2 Å². The van der Waals surface area contributed by atoms with Crippen molar-refractivity contribution in [3.05, 3.63) is 0 Å². The lowest BCUT2D eigenvalue weighted by atomic mass is 10.1. The molecule has 0 rings (SSSR count). The molecule has 1 atom stereocenters. The van der Waals surface area contributed by atoms with Gasteiger partial charge in [-0.1, -0.05) is 58.3 Å². The molecule has 0 aromatic heterocycles. The number of unbranched alkanes of at least 4 members (excludes halogenated alkanes) is 8. The predicted molar refractivity (Wildman–Crippen MR) is 77.9 cm³/mol. The van der Waals surface area contributed by atoms with Crippen molar-refractivity contribution in [2.75, 3.05) is 13.2 Å². The first kappa shape index (κ1) is 18.4. The zero-order chi connectivity index (χ0) is 14.3. The van der Waals surface area contributed by atoms with Gasteiger partial charge in [-0.05, 0) is 6.42 Å². The summed E-state index contributed by atoms with van der Waals surface area (Å²) in [6, 6.07) is 0. The molecule has 0 fully saturated rings. The Hall–Kier alpha value is -0.610. The number of nitrogens with one attached hydrogen (secondary N) is 1. The number of amides is 1. The Morgan fingerprint density at radius 3 is 2.05 bits per heavy atom. The number of aliphatic hydroxyl groups excluding tert-OH is 2. The van der Waals surface area contributed by atoms with E-state index < -0.39 is 6.10 Å². The Morgan fingerprint density at radius 2 is 1.53 bits per heavy atom. The molecular formula is C15H31NO3. The highest BCUT2D eigenvalue weighted by Crippen LogP contribution is 2.10. The topological polar surface area (TPSA) is 69.6 Å². The van der Waals surface area contributed by atoms with E-state index in [9.17, 15) is 4.79 Å². The summed E-state index contributed by atoms with van der Waals surface area (Å²) in [5.74, 6) is -0.0320. The average Bonchev–Trinajstić information content (AvgIpc) is 2.42. The van der Waals surface area contributed by atoms with Crippen molar-refractivity contribution in [3.8, 4) is 0 Å². The van der Waals surface area contributed by atoms with Gasteiger partial charge >= 0.3 is 0 Å². The van der Waals surface area contributed by atoms with Gasteiger partial charge in [0.05, 0.1) is 12.7 Å². The van der Waals surface area contributed by atoms with E-state index in [-0.39, 0.29) is 19.1 Å². The molecule has 4 heteroatoms. The van der Waals surface area contributed by atoms with Crippen molar-refractivity contribution in [3.63, 3.8) is 0 Å². The largest absolute Gasteiger partial charge is 0.394 e. The van der Waals surface area contributed by atoms with Crippen LogP contribution in [0.25, 0.3) is 0 Å². The molecule has 0 saturated carbocycles. The first-order chi connectivity index (χ1) is 9.20. The quantitative estimate of drug-likeness (QED) is 0.451. The fourth-order valence-corrected chi connectivity index (χ4v) is 1.98. The highest BCUT2D eigenvalue weighted by atomic mass is 16.3. The predicted octanol–water partition coefficient (Wildman–Crippen LogP) is 2.38. The van der Waals surface area contributed by atoms with Crippen molar-refractivity contribution in [1.82, 2.24) is 5.32 Å². The van der Waals surface area contributed by atoms with Gasteiger partial charge in [0.15, 0.2) is 0 Å². The molecule has 0 spiro atoms. The van der Waals surface area contributed by atoms with Crippen LogP contribution in [-0.2, 0) is 4.79 Å². The second-order valence-corrected chi connectivity index (χ2v) is 5.22. The summed E-state index contributed by atoms with van der Waals surface area (Å²) in [5.41, 5.74) is 0. The van der Waals surface area contributed by atoms with E-state index in [1.807, 2.05) is 0 Å². The van der Waals surface area contributed by atoms with Crippen LogP contribution >= 0.6 is 0 Å². The molecule has 0 aromatic rings. The zero-order valence-corrected chi connectivity index (χ0v) is 12.4. The van der Waals surface area contributed by atoms with E-state index in [1.165, 1.54) is 44.9 Å². The van der Waals surface area contributed by atoms with E-state index in [2.05, 4.69) is 12.2 Å². The minimum atomic E-state index is -0.841. The van der Waals surface area contributed by atoms with E-state index in [0.717, 1.165) is 12.8 Å². The van der Waals surface area contributed by atoms with Crippen molar-refractivity contribution < 1.29 is 15.0 Å². The summed E-state index contributed by atoms with van der Waals surface area (Å²) in [5, 5.41) is 20.3.